The van der Waals surface area contributed by atoms with Gasteiger partial charge in [0.05, 0.1) is 5.54 Å². The van der Waals surface area contributed by atoms with Gasteiger partial charge in [0, 0.05) is 58.2 Å². The van der Waals surface area contributed by atoms with Crippen LogP contribution in [-0.4, -0.2) is 56.9 Å². The molecule has 4 N–H and O–H groups in total. The Kier molecular flexibility index (Phi) is 6.43. The number of carbonyl (C=O) groups excluding carboxylic acids is 3. The van der Waals surface area contributed by atoms with Gasteiger partial charge < -0.3 is 20.9 Å². The van der Waals surface area contributed by atoms with Crippen molar-refractivity contribution in [1.82, 2.24) is 15.2 Å². The third kappa shape index (κ3) is 4.80. The molecule has 2 aliphatic heterocycles. The molecule has 188 valence electrons. The van der Waals surface area contributed by atoms with E-state index < -0.39 is 11.6 Å². The second kappa shape index (κ2) is 9.41. The van der Waals surface area contributed by atoms with Crippen molar-refractivity contribution in [3.05, 3.63) is 65.9 Å². The lowest BCUT2D eigenvalue weighted by molar-refractivity contribution is -0.138. The van der Waals surface area contributed by atoms with Crippen molar-refractivity contribution in [2.24, 2.45) is 5.73 Å². The highest BCUT2D eigenvalue weighted by molar-refractivity contribution is 8.01. The third-order valence-electron chi connectivity index (χ3n) is 7.14. The van der Waals surface area contributed by atoms with Gasteiger partial charge in [-0.3, -0.25) is 14.4 Å². The molecule has 1 fully saturated rings. The van der Waals surface area contributed by atoms with Crippen molar-refractivity contribution in [3.8, 4) is 0 Å². The molecule has 0 aliphatic carbocycles. The van der Waals surface area contributed by atoms with E-state index in [0.29, 0.717) is 25.9 Å². The highest BCUT2D eigenvalue weighted by Crippen LogP contribution is 2.47. The molecule has 2 atom stereocenters. The molecule has 3 heterocycles. The van der Waals surface area contributed by atoms with Crippen LogP contribution in [-0.2, 0) is 16.0 Å². The Morgan fingerprint density at radius 3 is 2.75 bits per heavy atom. The Bertz CT molecular complexity index is 1330. The Morgan fingerprint density at radius 2 is 1.94 bits per heavy atom. The van der Waals surface area contributed by atoms with Gasteiger partial charge in [0.1, 0.15) is 6.04 Å². The van der Waals surface area contributed by atoms with E-state index in [0.717, 1.165) is 39.8 Å². The minimum atomic E-state index is -1.11. The largest absolute Gasteiger partial charge is 0.361 e. The maximum atomic E-state index is 13.9. The number of hydrogen-bond donors (Lipinski definition) is 3. The summed E-state index contributed by atoms with van der Waals surface area (Å²) in [5.74, 6) is -0.375. The minimum Gasteiger partial charge on any atom is -0.361 e. The monoisotopic (exact) mass is 504 g/mol. The van der Waals surface area contributed by atoms with Crippen LogP contribution < -0.4 is 11.1 Å². The van der Waals surface area contributed by atoms with Crippen LogP contribution in [0.3, 0.4) is 0 Å². The number of H-pyrrole nitrogens is 1. The summed E-state index contributed by atoms with van der Waals surface area (Å²) >= 11 is 1.72. The van der Waals surface area contributed by atoms with E-state index in [1.165, 1.54) is 0 Å². The summed E-state index contributed by atoms with van der Waals surface area (Å²) in [5.41, 5.74) is 7.66. The molecule has 2 aromatic carbocycles. The summed E-state index contributed by atoms with van der Waals surface area (Å²) in [4.78, 5) is 45.8. The Balaban J connectivity index is 1.41. The normalized spacial score (nSPS) is 20.9. The maximum absolute atomic E-state index is 13.9. The molecule has 2 aliphatic rings. The second-order valence-electron chi connectivity index (χ2n) is 10.6. The van der Waals surface area contributed by atoms with Gasteiger partial charge in [0.15, 0.2) is 5.78 Å². The van der Waals surface area contributed by atoms with E-state index >= 15 is 0 Å². The smallest absolute Gasteiger partial charge is 0.245 e. The van der Waals surface area contributed by atoms with Crippen LogP contribution in [0.2, 0.25) is 0 Å². The number of nitrogens with two attached hydrogens (primary N) is 1. The van der Waals surface area contributed by atoms with Crippen molar-refractivity contribution < 1.29 is 14.4 Å². The molecule has 2 amide bonds. The number of fused-ring (bicyclic) bond motifs is 2. The van der Waals surface area contributed by atoms with Gasteiger partial charge in [0.2, 0.25) is 11.8 Å². The van der Waals surface area contributed by atoms with Crippen LogP contribution in [0.1, 0.15) is 49.0 Å². The summed E-state index contributed by atoms with van der Waals surface area (Å²) in [6, 6.07) is 14.9. The topological polar surface area (TPSA) is 108 Å². The van der Waals surface area contributed by atoms with Crippen LogP contribution in [0.25, 0.3) is 10.9 Å². The number of thioether (sulfide) groups is 1. The predicted octanol–water partition coefficient (Wildman–Crippen LogP) is 3.67. The molecular weight excluding hydrogens is 472 g/mol. The zero-order valence-electron chi connectivity index (χ0n) is 20.7. The first kappa shape index (κ1) is 24.6. The van der Waals surface area contributed by atoms with E-state index in [4.69, 9.17) is 5.73 Å². The fourth-order valence-electron chi connectivity index (χ4n) is 5.24. The highest BCUT2D eigenvalue weighted by Gasteiger charge is 2.44. The molecule has 8 heteroatoms. The second-order valence-corrected chi connectivity index (χ2v) is 12.1. The van der Waals surface area contributed by atoms with Crippen molar-refractivity contribution in [1.29, 1.82) is 0 Å². The number of rotatable bonds is 5. The molecule has 0 bridgehead atoms. The van der Waals surface area contributed by atoms with Crippen LogP contribution in [0, 0.1) is 0 Å². The molecule has 0 saturated carbocycles. The van der Waals surface area contributed by atoms with Crippen molar-refractivity contribution >= 4 is 40.3 Å². The number of piperidine rings is 1. The summed E-state index contributed by atoms with van der Waals surface area (Å²) < 4.78 is -0.345. The summed E-state index contributed by atoms with van der Waals surface area (Å²) in [7, 11) is 0. The number of ketones is 1. The van der Waals surface area contributed by atoms with Crippen molar-refractivity contribution in [3.63, 3.8) is 0 Å². The van der Waals surface area contributed by atoms with Crippen molar-refractivity contribution in [2.45, 2.75) is 60.8 Å². The molecule has 1 aromatic heterocycles. The number of amides is 2. The number of nitrogens with one attached hydrogen (secondary N) is 2. The third-order valence-corrected chi connectivity index (χ3v) is 8.62. The van der Waals surface area contributed by atoms with Crippen LogP contribution in [0.15, 0.2) is 59.6 Å². The number of Topliss-reactive ketones (excluding diaryl/α,β-unsaturated/α-hetero) is 1. The molecule has 2 unspecified atom stereocenters. The summed E-state index contributed by atoms with van der Waals surface area (Å²) in [5, 5.41) is 3.95. The molecule has 3 aromatic rings. The minimum absolute atomic E-state index is 0.132. The van der Waals surface area contributed by atoms with Crippen LogP contribution >= 0.6 is 11.8 Å². The fourth-order valence-corrected chi connectivity index (χ4v) is 6.82. The number of benzene rings is 2. The first-order valence-corrected chi connectivity index (χ1v) is 13.2. The standard InChI is InChI=1S/C28H32N4O3S/c1-27(2,29)26(35)31-22(14-18-16-30-21-10-5-3-8-19(18)21)25(34)32-13-7-12-28(17-32)15-23(33)20-9-4-6-11-24(20)36-28/h3-6,8-11,16,22,30H,7,12-15,17,29H2,1-2H3,(H,31,35). The quantitative estimate of drug-likeness (QED) is 0.491. The summed E-state index contributed by atoms with van der Waals surface area (Å²) in [6.45, 7) is 4.34. The zero-order chi connectivity index (χ0) is 25.5. The van der Waals surface area contributed by atoms with Gasteiger partial charge in [-0.15, -0.1) is 11.8 Å². The van der Waals surface area contributed by atoms with Gasteiger partial charge in [-0.2, -0.15) is 0 Å². The fraction of sp³-hybridized carbons (Fsp3) is 0.393. The van der Waals surface area contributed by atoms with Crippen LogP contribution in [0.5, 0.6) is 0 Å². The molecule has 7 nitrogen and oxygen atoms in total. The molecule has 1 saturated heterocycles. The molecule has 0 radical (unpaired) electrons. The molecule has 1 spiro atoms. The number of nitrogens with zero attached hydrogens (tertiary/aromatic N) is 1. The molecular formula is C28H32N4O3S. The number of aromatic nitrogens is 1. The molecule has 36 heavy (non-hydrogen) atoms. The SMILES string of the molecule is CC(C)(N)C(=O)NC(Cc1c[nH]c2ccccc12)C(=O)N1CCCC2(CC(=O)c3ccccc3S2)C1. The van der Waals surface area contributed by atoms with Gasteiger partial charge >= 0.3 is 0 Å². The average molecular weight is 505 g/mol. The number of hydrogen-bond acceptors (Lipinski definition) is 5. The van der Waals surface area contributed by atoms with Gasteiger partial charge in [-0.1, -0.05) is 36.4 Å². The maximum Gasteiger partial charge on any atom is 0.245 e. The van der Waals surface area contributed by atoms with E-state index in [2.05, 4.69) is 10.3 Å². The van der Waals surface area contributed by atoms with Gasteiger partial charge in [-0.25, -0.2) is 0 Å². The highest BCUT2D eigenvalue weighted by atomic mass is 32.2. The van der Waals surface area contributed by atoms with E-state index in [-0.39, 0.29) is 22.3 Å². The Labute approximate surface area is 215 Å². The lowest BCUT2D eigenvalue weighted by atomic mass is 9.88. The van der Waals surface area contributed by atoms with E-state index in [1.807, 2.05) is 59.6 Å². The van der Waals surface area contributed by atoms with E-state index in [1.54, 1.807) is 25.6 Å². The lowest BCUT2D eigenvalue weighted by Crippen LogP contribution is -2.59. The van der Waals surface area contributed by atoms with E-state index in [9.17, 15) is 14.4 Å². The number of carbonyl (C=O) groups is 3. The average Bonchev–Trinajstić information content (AvgIpc) is 3.25. The number of para-hydroxylation sites is 1. The summed E-state index contributed by atoms with van der Waals surface area (Å²) in [6.07, 6.45) is 4.34. The number of likely N-dealkylation sites (tertiary alicyclic amines) is 1. The van der Waals surface area contributed by atoms with Gasteiger partial charge in [0.25, 0.3) is 0 Å². The Hall–Kier alpha value is -3.10. The predicted molar refractivity (Wildman–Crippen MR) is 142 cm³/mol. The van der Waals surface area contributed by atoms with Crippen molar-refractivity contribution in [2.75, 3.05) is 13.1 Å². The van der Waals surface area contributed by atoms with Gasteiger partial charge in [-0.05, 0) is 44.4 Å². The van der Waals surface area contributed by atoms with Crippen LogP contribution in [0.4, 0.5) is 0 Å². The zero-order valence-corrected chi connectivity index (χ0v) is 21.5. The number of aromatic amines is 1. The first-order valence-electron chi connectivity index (χ1n) is 12.4. The Morgan fingerprint density at radius 1 is 1.19 bits per heavy atom. The molecule has 5 rings (SSSR count). The first-order chi connectivity index (χ1) is 17.2. The lowest BCUT2D eigenvalue weighted by Gasteiger charge is -2.45.